The van der Waals surface area contributed by atoms with Gasteiger partial charge in [0.1, 0.15) is 5.82 Å². The minimum Gasteiger partial charge on any atom is -0.392 e. The van der Waals surface area contributed by atoms with Crippen LogP contribution in [0.25, 0.3) is 0 Å². The summed E-state index contributed by atoms with van der Waals surface area (Å²) < 4.78 is 13.4. The van der Waals surface area contributed by atoms with Gasteiger partial charge in [0.15, 0.2) is 0 Å². The summed E-state index contributed by atoms with van der Waals surface area (Å²) in [6.07, 6.45) is -0.594. The van der Waals surface area contributed by atoms with E-state index in [0.29, 0.717) is 0 Å². The van der Waals surface area contributed by atoms with E-state index in [1.807, 2.05) is 20.8 Å². The number of likely N-dealkylation sites (N-methyl/N-ethyl adjacent to an activating group) is 1. The number of benzene rings is 1. The minimum absolute atomic E-state index is 0.242. The molecule has 1 aromatic carbocycles. The van der Waals surface area contributed by atoms with Gasteiger partial charge in [0.05, 0.1) is 12.1 Å². The Morgan fingerprint density at radius 1 is 1.43 bits per heavy atom. The zero-order valence-corrected chi connectivity index (χ0v) is 13.4. The van der Waals surface area contributed by atoms with E-state index in [1.165, 1.54) is 17.0 Å². The molecule has 1 aromatic rings. The van der Waals surface area contributed by atoms with Crippen LogP contribution in [0.15, 0.2) is 24.3 Å². The Labute approximate surface area is 126 Å². The fraction of sp³-hybridized carbons (Fsp3) is 0.562. The Morgan fingerprint density at radius 3 is 2.52 bits per heavy atom. The van der Waals surface area contributed by atoms with E-state index in [4.69, 9.17) is 0 Å². The molecule has 0 heterocycles. The summed E-state index contributed by atoms with van der Waals surface area (Å²) >= 11 is 0. The lowest BCUT2D eigenvalue weighted by atomic mass is 9.82. The number of hydrogen-bond donors (Lipinski definition) is 2. The van der Waals surface area contributed by atoms with Crippen molar-refractivity contribution in [1.29, 1.82) is 0 Å². The van der Waals surface area contributed by atoms with Crippen molar-refractivity contribution in [3.05, 3.63) is 35.6 Å². The van der Waals surface area contributed by atoms with Crippen LogP contribution in [0.3, 0.4) is 0 Å². The summed E-state index contributed by atoms with van der Waals surface area (Å²) in [5.41, 5.74) is 0.455. The number of hydrogen-bond acceptors (Lipinski definition) is 2. The lowest BCUT2D eigenvalue weighted by Crippen LogP contribution is -2.45. The smallest absolute Gasteiger partial charge is 0.317 e. The van der Waals surface area contributed by atoms with Crippen LogP contribution in [0.1, 0.15) is 39.3 Å². The molecule has 0 aliphatic heterocycles. The standard InChI is InChI=1S/C16H25FN2O2/c1-11(20)10-19(5)15(21)18-14(16(2,3)4)12-7-6-8-13(17)9-12/h6-9,11,14,20H,10H2,1-5H3,(H,18,21). The molecule has 2 atom stereocenters. The predicted molar refractivity (Wildman–Crippen MR) is 81.4 cm³/mol. The Kier molecular flexibility index (Phi) is 5.72. The van der Waals surface area contributed by atoms with Gasteiger partial charge in [-0.1, -0.05) is 32.9 Å². The molecule has 118 valence electrons. The van der Waals surface area contributed by atoms with Crippen LogP contribution in [0, 0.1) is 11.2 Å². The monoisotopic (exact) mass is 296 g/mol. The molecule has 0 bridgehead atoms. The lowest BCUT2D eigenvalue weighted by molar-refractivity contribution is 0.138. The molecule has 2 N–H and O–H groups in total. The Bertz CT molecular complexity index is 483. The van der Waals surface area contributed by atoms with Crippen LogP contribution in [-0.2, 0) is 0 Å². The molecule has 21 heavy (non-hydrogen) atoms. The van der Waals surface area contributed by atoms with Crippen LogP contribution < -0.4 is 5.32 Å². The molecule has 5 heteroatoms. The van der Waals surface area contributed by atoms with Gasteiger partial charge in [0, 0.05) is 13.6 Å². The molecule has 0 aliphatic rings. The number of amides is 2. The maximum absolute atomic E-state index is 13.4. The van der Waals surface area contributed by atoms with Crippen molar-refractivity contribution in [1.82, 2.24) is 10.2 Å². The van der Waals surface area contributed by atoms with Gasteiger partial charge in [-0.15, -0.1) is 0 Å². The second-order valence-corrected chi connectivity index (χ2v) is 6.53. The van der Waals surface area contributed by atoms with Gasteiger partial charge in [-0.05, 0) is 30.0 Å². The van der Waals surface area contributed by atoms with E-state index in [2.05, 4.69) is 5.32 Å². The highest BCUT2D eigenvalue weighted by molar-refractivity contribution is 5.74. The van der Waals surface area contributed by atoms with Crippen LogP contribution in [-0.4, -0.2) is 35.7 Å². The van der Waals surface area contributed by atoms with Crippen molar-refractivity contribution in [2.45, 2.75) is 39.8 Å². The fourth-order valence-electron chi connectivity index (χ4n) is 2.20. The van der Waals surface area contributed by atoms with E-state index in [1.54, 1.807) is 26.1 Å². The molecule has 0 aromatic heterocycles. The number of aliphatic hydroxyl groups excluding tert-OH is 1. The Morgan fingerprint density at radius 2 is 2.05 bits per heavy atom. The Hall–Kier alpha value is -1.62. The van der Waals surface area contributed by atoms with E-state index in [9.17, 15) is 14.3 Å². The number of rotatable bonds is 4. The van der Waals surface area contributed by atoms with E-state index in [0.717, 1.165) is 5.56 Å². The third-order valence-electron chi connectivity index (χ3n) is 3.20. The number of carbonyl (C=O) groups is 1. The summed E-state index contributed by atoms with van der Waals surface area (Å²) in [5, 5.41) is 12.3. The van der Waals surface area contributed by atoms with Crippen molar-refractivity contribution < 1.29 is 14.3 Å². The van der Waals surface area contributed by atoms with Crippen LogP contribution in [0.2, 0.25) is 0 Å². The maximum Gasteiger partial charge on any atom is 0.317 e. The zero-order valence-electron chi connectivity index (χ0n) is 13.4. The first-order chi connectivity index (χ1) is 9.61. The van der Waals surface area contributed by atoms with E-state index < -0.39 is 6.10 Å². The van der Waals surface area contributed by atoms with Gasteiger partial charge in [-0.3, -0.25) is 0 Å². The largest absolute Gasteiger partial charge is 0.392 e. The number of nitrogens with one attached hydrogen (secondary N) is 1. The molecule has 0 fully saturated rings. The minimum atomic E-state index is -0.594. The summed E-state index contributed by atoms with van der Waals surface area (Å²) in [6.45, 7) is 7.82. The molecular weight excluding hydrogens is 271 g/mol. The number of halogens is 1. The molecule has 0 aliphatic carbocycles. The van der Waals surface area contributed by atoms with Crippen molar-refractivity contribution >= 4 is 6.03 Å². The van der Waals surface area contributed by atoms with Crippen molar-refractivity contribution in [2.24, 2.45) is 5.41 Å². The first kappa shape index (κ1) is 17.4. The van der Waals surface area contributed by atoms with Crippen LogP contribution >= 0.6 is 0 Å². The van der Waals surface area contributed by atoms with Crippen molar-refractivity contribution in [3.8, 4) is 0 Å². The maximum atomic E-state index is 13.4. The summed E-state index contributed by atoms with van der Waals surface area (Å²) in [5.74, 6) is -0.326. The Balaban J connectivity index is 2.93. The average molecular weight is 296 g/mol. The highest BCUT2D eigenvalue weighted by Crippen LogP contribution is 2.33. The third kappa shape index (κ3) is 5.34. The van der Waals surface area contributed by atoms with Gasteiger partial charge in [-0.25, -0.2) is 9.18 Å². The molecule has 0 saturated carbocycles. The first-order valence-corrected chi connectivity index (χ1v) is 7.06. The molecule has 0 spiro atoms. The van der Waals surface area contributed by atoms with Gasteiger partial charge in [-0.2, -0.15) is 0 Å². The molecule has 2 amide bonds. The van der Waals surface area contributed by atoms with Gasteiger partial charge in [0.25, 0.3) is 0 Å². The topological polar surface area (TPSA) is 52.6 Å². The summed E-state index contributed by atoms with van der Waals surface area (Å²) in [6, 6.07) is 5.63. The third-order valence-corrected chi connectivity index (χ3v) is 3.20. The molecule has 1 rings (SSSR count). The number of aliphatic hydroxyl groups is 1. The van der Waals surface area contributed by atoms with E-state index >= 15 is 0 Å². The van der Waals surface area contributed by atoms with Gasteiger partial charge >= 0.3 is 6.03 Å². The van der Waals surface area contributed by atoms with E-state index in [-0.39, 0.29) is 29.8 Å². The molecular formula is C16H25FN2O2. The number of carbonyl (C=O) groups excluding carboxylic acids is 1. The average Bonchev–Trinajstić information content (AvgIpc) is 2.33. The fourth-order valence-corrected chi connectivity index (χ4v) is 2.20. The van der Waals surface area contributed by atoms with Crippen molar-refractivity contribution in [2.75, 3.05) is 13.6 Å². The summed E-state index contributed by atoms with van der Waals surface area (Å²) in [7, 11) is 1.62. The quantitative estimate of drug-likeness (QED) is 0.897. The second kappa shape index (κ2) is 6.89. The first-order valence-electron chi connectivity index (χ1n) is 7.06. The van der Waals surface area contributed by atoms with Crippen molar-refractivity contribution in [3.63, 3.8) is 0 Å². The number of urea groups is 1. The molecule has 4 nitrogen and oxygen atoms in total. The normalized spacial score (nSPS) is 14.4. The zero-order chi connectivity index (χ0) is 16.2. The summed E-state index contributed by atoms with van der Waals surface area (Å²) in [4.78, 5) is 13.6. The molecule has 0 saturated heterocycles. The van der Waals surface area contributed by atoms with Gasteiger partial charge < -0.3 is 15.3 Å². The predicted octanol–water partition coefficient (Wildman–Crippen LogP) is 2.94. The highest BCUT2D eigenvalue weighted by Gasteiger charge is 2.29. The van der Waals surface area contributed by atoms with Crippen LogP contribution in [0.4, 0.5) is 9.18 Å². The highest BCUT2D eigenvalue weighted by atomic mass is 19.1. The lowest BCUT2D eigenvalue weighted by Gasteiger charge is -2.33. The second-order valence-electron chi connectivity index (χ2n) is 6.53. The SMILES string of the molecule is CC(O)CN(C)C(=O)NC(c1cccc(F)c1)C(C)(C)C. The van der Waals surface area contributed by atoms with Gasteiger partial charge in [0.2, 0.25) is 0 Å². The molecule has 2 unspecified atom stereocenters. The van der Waals surface area contributed by atoms with Crippen LogP contribution in [0.5, 0.6) is 0 Å². The molecule has 0 radical (unpaired) electrons. The number of nitrogens with zero attached hydrogens (tertiary/aromatic N) is 1.